The van der Waals surface area contributed by atoms with E-state index in [0.29, 0.717) is 0 Å². The molecule has 0 saturated carbocycles. The number of fused-ring (bicyclic) bond motifs is 1. The fourth-order valence-electron chi connectivity index (χ4n) is 1.76. The van der Waals surface area contributed by atoms with E-state index in [4.69, 9.17) is 10.5 Å². The summed E-state index contributed by atoms with van der Waals surface area (Å²) in [6, 6.07) is 4.20. The third-order valence-corrected chi connectivity index (χ3v) is 2.83. The van der Waals surface area contributed by atoms with Crippen LogP contribution >= 0.6 is 15.9 Å². The van der Waals surface area contributed by atoms with Crippen LogP contribution in [0.1, 0.15) is 23.6 Å². The van der Waals surface area contributed by atoms with Crippen molar-refractivity contribution >= 4 is 15.9 Å². The van der Waals surface area contributed by atoms with Crippen molar-refractivity contribution in [3.05, 3.63) is 27.7 Å². The Hall–Kier alpha value is -0.540. The van der Waals surface area contributed by atoms with E-state index in [2.05, 4.69) is 28.9 Å². The van der Waals surface area contributed by atoms with Gasteiger partial charge in [-0.25, -0.2) is 0 Å². The van der Waals surface area contributed by atoms with Gasteiger partial charge in [-0.3, -0.25) is 0 Å². The Morgan fingerprint density at radius 3 is 3.08 bits per heavy atom. The van der Waals surface area contributed by atoms with Crippen molar-refractivity contribution in [1.82, 2.24) is 0 Å². The minimum absolute atomic E-state index is 0.136. The van der Waals surface area contributed by atoms with Gasteiger partial charge in [-0.15, -0.1) is 0 Å². The van der Waals surface area contributed by atoms with Gasteiger partial charge in [-0.2, -0.15) is 0 Å². The van der Waals surface area contributed by atoms with Crippen LogP contribution in [0.2, 0.25) is 0 Å². The first kappa shape index (κ1) is 9.03. The van der Waals surface area contributed by atoms with Gasteiger partial charge in [-0.1, -0.05) is 15.9 Å². The Kier molecular flexibility index (Phi) is 2.30. The molecule has 0 bridgehead atoms. The maximum absolute atomic E-state index is 6.00. The van der Waals surface area contributed by atoms with Crippen LogP contribution in [-0.4, -0.2) is 6.61 Å². The number of ether oxygens (including phenoxy) is 1. The van der Waals surface area contributed by atoms with Crippen LogP contribution in [0.4, 0.5) is 0 Å². The average molecular weight is 242 g/mol. The summed E-state index contributed by atoms with van der Waals surface area (Å²) in [5, 5.41) is 0. The van der Waals surface area contributed by atoms with E-state index in [9.17, 15) is 0 Å². The number of hydrogen-bond donors (Lipinski definition) is 1. The number of rotatable bonds is 0. The molecule has 0 aliphatic carbocycles. The number of hydrogen-bond acceptors (Lipinski definition) is 2. The van der Waals surface area contributed by atoms with E-state index >= 15 is 0 Å². The first-order chi connectivity index (χ1) is 6.18. The Balaban J connectivity index is 2.56. The lowest BCUT2D eigenvalue weighted by molar-refractivity contribution is 0.268. The van der Waals surface area contributed by atoms with Crippen molar-refractivity contribution in [2.75, 3.05) is 6.61 Å². The zero-order valence-corrected chi connectivity index (χ0v) is 9.10. The van der Waals surface area contributed by atoms with Gasteiger partial charge in [0.15, 0.2) is 0 Å². The molecule has 3 heteroatoms. The highest BCUT2D eigenvalue weighted by molar-refractivity contribution is 9.10. The summed E-state index contributed by atoms with van der Waals surface area (Å²) in [6.07, 6.45) is 0.912. The van der Waals surface area contributed by atoms with E-state index in [0.717, 1.165) is 28.8 Å². The molecule has 0 saturated heterocycles. The highest BCUT2D eigenvalue weighted by Crippen LogP contribution is 2.35. The first-order valence-corrected chi connectivity index (χ1v) is 5.16. The van der Waals surface area contributed by atoms with Gasteiger partial charge in [0.2, 0.25) is 0 Å². The maximum atomic E-state index is 6.00. The molecule has 13 heavy (non-hydrogen) atoms. The average Bonchev–Trinajstić information content (AvgIpc) is 2.02. The molecule has 0 aromatic heterocycles. The van der Waals surface area contributed by atoms with Gasteiger partial charge in [0.25, 0.3) is 0 Å². The quantitative estimate of drug-likeness (QED) is 0.758. The summed E-state index contributed by atoms with van der Waals surface area (Å²) >= 11 is 3.44. The second-order valence-electron chi connectivity index (χ2n) is 3.38. The van der Waals surface area contributed by atoms with Crippen LogP contribution < -0.4 is 10.5 Å². The largest absolute Gasteiger partial charge is 0.493 e. The summed E-state index contributed by atoms with van der Waals surface area (Å²) in [5.41, 5.74) is 8.37. The summed E-state index contributed by atoms with van der Waals surface area (Å²) in [4.78, 5) is 0. The molecular formula is C10H12BrNO. The second kappa shape index (κ2) is 3.31. The van der Waals surface area contributed by atoms with Crippen molar-refractivity contribution in [1.29, 1.82) is 0 Å². The van der Waals surface area contributed by atoms with Crippen molar-refractivity contribution in [2.24, 2.45) is 5.73 Å². The Bertz CT molecular complexity index is 338. The molecule has 0 amide bonds. The number of halogens is 1. The predicted molar refractivity (Wildman–Crippen MR) is 55.9 cm³/mol. The Morgan fingerprint density at radius 2 is 2.31 bits per heavy atom. The summed E-state index contributed by atoms with van der Waals surface area (Å²) in [7, 11) is 0. The minimum atomic E-state index is 0.136. The number of nitrogens with two attached hydrogens (primary N) is 1. The number of benzene rings is 1. The normalized spacial score (nSPS) is 20.7. The molecule has 0 fully saturated rings. The van der Waals surface area contributed by atoms with Gasteiger partial charge in [0.05, 0.1) is 6.61 Å². The van der Waals surface area contributed by atoms with Crippen LogP contribution in [0.15, 0.2) is 16.6 Å². The molecule has 1 heterocycles. The highest BCUT2D eigenvalue weighted by Gasteiger charge is 2.20. The monoisotopic (exact) mass is 241 g/mol. The summed E-state index contributed by atoms with van der Waals surface area (Å²) < 4.78 is 6.60. The summed E-state index contributed by atoms with van der Waals surface area (Å²) in [5.74, 6) is 0.936. The van der Waals surface area contributed by atoms with E-state index in [1.54, 1.807) is 0 Å². The smallest absolute Gasteiger partial charge is 0.125 e. The molecule has 0 spiro atoms. The van der Waals surface area contributed by atoms with Crippen LogP contribution in [0.5, 0.6) is 5.75 Å². The molecule has 1 aliphatic rings. The predicted octanol–water partition coefficient (Wildman–Crippen LogP) is 2.54. The van der Waals surface area contributed by atoms with Gasteiger partial charge >= 0.3 is 0 Å². The van der Waals surface area contributed by atoms with Gasteiger partial charge < -0.3 is 10.5 Å². The summed E-state index contributed by atoms with van der Waals surface area (Å²) in [6.45, 7) is 2.79. The lowest BCUT2D eigenvalue weighted by Gasteiger charge is -2.24. The van der Waals surface area contributed by atoms with Crippen LogP contribution in [0.25, 0.3) is 0 Å². The molecule has 0 radical (unpaired) electrons. The van der Waals surface area contributed by atoms with E-state index in [1.165, 1.54) is 5.56 Å². The fourth-order valence-corrected chi connectivity index (χ4v) is 2.31. The zero-order valence-electron chi connectivity index (χ0n) is 7.51. The van der Waals surface area contributed by atoms with Crippen LogP contribution in [0, 0.1) is 6.92 Å². The topological polar surface area (TPSA) is 35.2 Å². The second-order valence-corrected chi connectivity index (χ2v) is 4.29. The highest BCUT2D eigenvalue weighted by atomic mass is 79.9. The van der Waals surface area contributed by atoms with E-state index < -0.39 is 0 Å². The van der Waals surface area contributed by atoms with E-state index in [-0.39, 0.29) is 6.04 Å². The molecule has 1 aromatic carbocycles. The lowest BCUT2D eigenvalue weighted by Crippen LogP contribution is -2.21. The minimum Gasteiger partial charge on any atom is -0.493 e. The molecule has 1 aromatic rings. The van der Waals surface area contributed by atoms with Crippen LogP contribution in [-0.2, 0) is 0 Å². The van der Waals surface area contributed by atoms with Crippen molar-refractivity contribution < 1.29 is 4.74 Å². The maximum Gasteiger partial charge on any atom is 0.125 e. The van der Waals surface area contributed by atoms with E-state index in [1.807, 2.05) is 6.07 Å². The van der Waals surface area contributed by atoms with Crippen LogP contribution in [0.3, 0.4) is 0 Å². The number of aryl methyl sites for hydroxylation is 1. The van der Waals surface area contributed by atoms with Gasteiger partial charge in [0.1, 0.15) is 5.75 Å². The molecular weight excluding hydrogens is 230 g/mol. The molecule has 2 rings (SSSR count). The SMILES string of the molecule is Cc1cc(Br)cc2c1C(N)CCO2. The molecule has 1 unspecified atom stereocenters. The lowest BCUT2D eigenvalue weighted by atomic mass is 9.97. The van der Waals surface area contributed by atoms with Crippen molar-refractivity contribution in [2.45, 2.75) is 19.4 Å². The molecule has 1 atom stereocenters. The standard InChI is InChI=1S/C10H12BrNO/c1-6-4-7(11)5-9-10(6)8(12)2-3-13-9/h4-5,8H,2-3,12H2,1H3. The first-order valence-electron chi connectivity index (χ1n) is 4.37. The van der Waals surface area contributed by atoms with Gasteiger partial charge in [-0.05, 0) is 24.6 Å². The Morgan fingerprint density at radius 1 is 1.54 bits per heavy atom. The molecule has 70 valence electrons. The molecule has 2 N–H and O–H groups in total. The van der Waals surface area contributed by atoms with Crippen molar-refractivity contribution in [3.63, 3.8) is 0 Å². The third kappa shape index (κ3) is 1.58. The van der Waals surface area contributed by atoms with Gasteiger partial charge in [0, 0.05) is 22.5 Å². The molecule has 2 nitrogen and oxygen atoms in total. The third-order valence-electron chi connectivity index (χ3n) is 2.37. The van der Waals surface area contributed by atoms with Crippen molar-refractivity contribution in [3.8, 4) is 5.75 Å². The zero-order chi connectivity index (χ0) is 9.42. The molecule has 1 aliphatic heterocycles. The Labute approximate surface area is 86.2 Å². The fraction of sp³-hybridized carbons (Fsp3) is 0.400.